The van der Waals surface area contributed by atoms with Crippen molar-refractivity contribution in [1.82, 2.24) is 29.3 Å². The van der Waals surface area contributed by atoms with Gasteiger partial charge in [0, 0.05) is 47.1 Å². The SMILES string of the molecule is Cc1cc(C(=O)N2Cc3c(C(=O)NCc4ccccc4-c4ncccn4)n(-c4ccc(OC[C@@H](C)O)cc4)c(=O)n3C[C@@H]2C)ccc1Br. The molecule has 11 nitrogen and oxygen atoms in total. The maximum atomic E-state index is 14.2. The van der Waals surface area contributed by atoms with Crippen LogP contribution in [0.15, 0.2) is 94.5 Å². The number of hydrogen-bond donors (Lipinski definition) is 2. The van der Waals surface area contributed by atoms with E-state index in [0.717, 1.165) is 21.2 Å². The van der Waals surface area contributed by atoms with E-state index in [-0.39, 0.29) is 49.6 Å². The van der Waals surface area contributed by atoms with Gasteiger partial charge in [0.25, 0.3) is 11.8 Å². The number of aromatic nitrogens is 4. The number of nitrogens with one attached hydrogen (secondary N) is 1. The van der Waals surface area contributed by atoms with Gasteiger partial charge in [0.1, 0.15) is 18.1 Å². The standard InChI is InChI=1S/C36H35BrN6O5/c1-22-17-25(9-14-30(22)37)35(46)41-20-31-32(34(45)40-18-26-7-4-5-8-29(26)33-38-15-6-16-39-33)43(36(47)42(31)19-23(41)2)27-10-12-28(13-11-27)48-21-24(3)44/h4-17,23-24,44H,18-21H2,1-3H3,(H,40,45)/t23-,24+/m0/s1. The van der Waals surface area contributed by atoms with Gasteiger partial charge in [0.05, 0.1) is 24.0 Å². The number of imidazole rings is 1. The van der Waals surface area contributed by atoms with Gasteiger partial charge < -0.3 is 20.1 Å². The molecule has 246 valence electrons. The fourth-order valence-electron chi connectivity index (χ4n) is 5.80. The largest absolute Gasteiger partial charge is 0.491 e. The van der Waals surface area contributed by atoms with Crippen LogP contribution < -0.4 is 15.7 Å². The highest BCUT2D eigenvalue weighted by Gasteiger charge is 2.35. The Balaban J connectivity index is 1.38. The molecule has 1 aliphatic heterocycles. The molecule has 0 bridgehead atoms. The van der Waals surface area contributed by atoms with Crippen LogP contribution in [0.25, 0.3) is 17.1 Å². The highest BCUT2D eigenvalue weighted by Crippen LogP contribution is 2.27. The smallest absolute Gasteiger partial charge is 0.333 e. The number of halogens is 1. The summed E-state index contributed by atoms with van der Waals surface area (Å²) in [6.07, 6.45) is 2.68. The van der Waals surface area contributed by atoms with Crippen LogP contribution in [0.5, 0.6) is 5.75 Å². The first-order chi connectivity index (χ1) is 23.1. The van der Waals surface area contributed by atoms with Crippen LogP contribution in [0.2, 0.25) is 0 Å². The fourth-order valence-corrected chi connectivity index (χ4v) is 6.05. The minimum atomic E-state index is -0.645. The summed E-state index contributed by atoms with van der Waals surface area (Å²) in [5, 5.41) is 12.6. The fraction of sp³-hybridized carbons (Fsp3) is 0.250. The second-order valence-corrected chi connectivity index (χ2v) is 12.7. The lowest BCUT2D eigenvalue weighted by Crippen LogP contribution is -2.47. The van der Waals surface area contributed by atoms with Crippen LogP contribution in [0.3, 0.4) is 0 Å². The molecular weight excluding hydrogens is 676 g/mol. The summed E-state index contributed by atoms with van der Waals surface area (Å²) in [7, 11) is 0. The van der Waals surface area contributed by atoms with Gasteiger partial charge in [-0.15, -0.1) is 0 Å². The summed E-state index contributed by atoms with van der Waals surface area (Å²) >= 11 is 3.50. The Morgan fingerprint density at radius 2 is 1.79 bits per heavy atom. The van der Waals surface area contributed by atoms with Crippen molar-refractivity contribution in [3.63, 3.8) is 0 Å². The Labute approximate surface area is 286 Å². The van der Waals surface area contributed by atoms with Crippen molar-refractivity contribution < 1.29 is 19.4 Å². The third kappa shape index (κ3) is 6.67. The molecule has 12 heteroatoms. The summed E-state index contributed by atoms with van der Waals surface area (Å²) < 4.78 is 9.49. The molecular formula is C36H35BrN6O5. The monoisotopic (exact) mass is 710 g/mol. The van der Waals surface area contributed by atoms with Crippen molar-refractivity contribution in [2.45, 2.75) is 52.6 Å². The summed E-state index contributed by atoms with van der Waals surface area (Å²) in [6, 6.07) is 21.2. The Hall–Kier alpha value is -5.07. The summed E-state index contributed by atoms with van der Waals surface area (Å²) in [5.74, 6) is 0.384. The molecule has 0 aliphatic carbocycles. The minimum Gasteiger partial charge on any atom is -0.491 e. The number of nitrogens with zero attached hydrogens (tertiary/aromatic N) is 5. The molecule has 2 amide bonds. The van der Waals surface area contributed by atoms with Gasteiger partial charge in [-0.3, -0.25) is 18.7 Å². The van der Waals surface area contributed by atoms with Crippen molar-refractivity contribution >= 4 is 27.7 Å². The number of ether oxygens (including phenoxy) is 1. The van der Waals surface area contributed by atoms with E-state index < -0.39 is 12.0 Å². The van der Waals surface area contributed by atoms with Gasteiger partial charge in [0.15, 0.2) is 5.82 Å². The van der Waals surface area contributed by atoms with Gasteiger partial charge in [-0.2, -0.15) is 0 Å². The van der Waals surface area contributed by atoms with E-state index in [1.165, 1.54) is 4.57 Å². The van der Waals surface area contributed by atoms with Gasteiger partial charge in [-0.05, 0) is 80.4 Å². The molecule has 2 atom stereocenters. The zero-order valence-corrected chi connectivity index (χ0v) is 28.3. The highest BCUT2D eigenvalue weighted by molar-refractivity contribution is 9.10. The molecule has 0 saturated heterocycles. The number of carbonyl (C=O) groups excluding carboxylic acids is 2. The Morgan fingerprint density at radius 1 is 1.06 bits per heavy atom. The Kier molecular flexibility index (Phi) is 9.56. The maximum Gasteiger partial charge on any atom is 0.333 e. The van der Waals surface area contributed by atoms with E-state index >= 15 is 0 Å². The molecule has 2 aromatic heterocycles. The van der Waals surface area contributed by atoms with Crippen molar-refractivity contribution in [3.05, 3.63) is 128 Å². The molecule has 3 heterocycles. The molecule has 48 heavy (non-hydrogen) atoms. The molecule has 0 fully saturated rings. The molecule has 0 radical (unpaired) electrons. The average Bonchev–Trinajstić information content (AvgIpc) is 3.38. The lowest BCUT2D eigenvalue weighted by Gasteiger charge is -2.34. The number of aliphatic hydroxyl groups is 1. The summed E-state index contributed by atoms with van der Waals surface area (Å²) in [6.45, 7) is 5.98. The quantitative estimate of drug-likeness (QED) is 0.223. The Bertz CT molecular complexity index is 2020. The van der Waals surface area contributed by atoms with Crippen molar-refractivity contribution in [2.75, 3.05) is 6.61 Å². The minimum absolute atomic E-state index is 0.0597. The number of aryl methyl sites for hydroxylation is 1. The molecule has 3 aromatic carbocycles. The first-order valence-electron chi connectivity index (χ1n) is 15.6. The number of hydrogen-bond acceptors (Lipinski definition) is 7. The predicted octanol–water partition coefficient (Wildman–Crippen LogP) is 4.90. The second-order valence-electron chi connectivity index (χ2n) is 11.8. The lowest BCUT2D eigenvalue weighted by molar-refractivity contribution is 0.0610. The molecule has 0 unspecified atom stereocenters. The highest BCUT2D eigenvalue weighted by atomic mass is 79.9. The van der Waals surface area contributed by atoms with Crippen molar-refractivity contribution in [3.8, 4) is 22.8 Å². The predicted molar refractivity (Wildman–Crippen MR) is 184 cm³/mol. The molecule has 0 spiro atoms. The molecule has 2 N–H and O–H groups in total. The van der Waals surface area contributed by atoms with E-state index in [9.17, 15) is 19.5 Å². The maximum absolute atomic E-state index is 14.2. The van der Waals surface area contributed by atoms with Gasteiger partial charge in [-0.1, -0.05) is 40.2 Å². The number of fused-ring (bicyclic) bond motifs is 1. The molecule has 1 aliphatic rings. The molecule has 6 rings (SSSR count). The van der Waals surface area contributed by atoms with Gasteiger partial charge in [-0.25, -0.2) is 14.8 Å². The average molecular weight is 712 g/mol. The van der Waals surface area contributed by atoms with Crippen LogP contribution in [0.1, 0.15) is 51.5 Å². The van der Waals surface area contributed by atoms with Crippen LogP contribution in [0, 0.1) is 6.92 Å². The van der Waals surface area contributed by atoms with E-state index in [2.05, 4.69) is 31.2 Å². The third-order valence-corrected chi connectivity index (χ3v) is 9.16. The topological polar surface area (TPSA) is 132 Å². The van der Waals surface area contributed by atoms with Crippen molar-refractivity contribution in [1.29, 1.82) is 0 Å². The van der Waals surface area contributed by atoms with Crippen LogP contribution in [-0.4, -0.2) is 59.7 Å². The molecule has 0 saturated carbocycles. The Morgan fingerprint density at radius 3 is 2.50 bits per heavy atom. The van der Waals surface area contributed by atoms with Crippen LogP contribution in [0.4, 0.5) is 0 Å². The van der Waals surface area contributed by atoms with Crippen molar-refractivity contribution in [2.24, 2.45) is 0 Å². The third-order valence-electron chi connectivity index (χ3n) is 8.27. The summed E-state index contributed by atoms with van der Waals surface area (Å²) in [5.41, 5.74) is 3.68. The number of amides is 2. The van der Waals surface area contributed by atoms with Gasteiger partial charge >= 0.3 is 5.69 Å². The molecule has 5 aromatic rings. The zero-order chi connectivity index (χ0) is 33.9. The van der Waals surface area contributed by atoms with E-state index in [4.69, 9.17) is 4.74 Å². The number of rotatable bonds is 9. The van der Waals surface area contributed by atoms with Gasteiger partial charge in [0.2, 0.25) is 0 Å². The summed E-state index contributed by atoms with van der Waals surface area (Å²) in [4.78, 5) is 52.6. The van der Waals surface area contributed by atoms with Crippen LogP contribution >= 0.6 is 15.9 Å². The first-order valence-corrected chi connectivity index (χ1v) is 16.4. The zero-order valence-electron chi connectivity index (χ0n) is 26.8. The normalized spacial score (nSPS) is 14.7. The second kappa shape index (κ2) is 14.0. The van der Waals surface area contributed by atoms with E-state index in [1.807, 2.05) is 50.2 Å². The number of carbonyl (C=O) groups is 2. The van der Waals surface area contributed by atoms with Crippen LogP contribution in [-0.2, 0) is 19.6 Å². The lowest BCUT2D eigenvalue weighted by atomic mass is 10.1. The van der Waals surface area contributed by atoms with E-state index in [0.29, 0.717) is 28.5 Å². The number of aliphatic hydroxyl groups excluding tert-OH is 1. The number of benzene rings is 3. The first kappa shape index (κ1) is 32.9. The van der Waals surface area contributed by atoms with E-state index in [1.54, 1.807) is 65.2 Å².